The summed E-state index contributed by atoms with van der Waals surface area (Å²) < 4.78 is 6.95. The van der Waals surface area contributed by atoms with E-state index < -0.39 is 6.04 Å². The van der Waals surface area contributed by atoms with Gasteiger partial charge in [-0.2, -0.15) is 5.10 Å². The Bertz CT molecular complexity index is 1130. The number of benzene rings is 2. The SMILES string of the molecule is CCc1nn2c(c1-c1cccc(OC)c1)NC(=O)C2CC(=O)Nc1cccc(Cl)c1. The number of amides is 2. The number of carbonyl (C=O) groups excluding carboxylic acids is 2. The standard InChI is InChI=1S/C22H21ClN4O3/c1-3-17-20(13-6-4-9-16(10-13)30-2)21-25-22(29)18(27(21)26-17)12-19(28)24-15-8-5-7-14(23)11-15/h4-11,18H,3,12H2,1-2H3,(H,24,28)(H,25,29). The van der Waals surface area contributed by atoms with Gasteiger partial charge in [0.1, 0.15) is 17.6 Å². The highest BCUT2D eigenvalue weighted by Crippen LogP contribution is 2.39. The number of nitrogens with zero attached hydrogens (tertiary/aromatic N) is 2. The first kappa shape index (κ1) is 20.0. The second kappa shape index (κ2) is 8.20. The summed E-state index contributed by atoms with van der Waals surface area (Å²) in [7, 11) is 1.61. The summed E-state index contributed by atoms with van der Waals surface area (Å²) in [6.45, 7) is 2.00. The van der Waals surface area contributed by atoms with Gasteiger partial charge < -0.3 is 15.4 Å². The van der Waals surface area contributed by atoms with Crippen molar-refractivity contribution in [2.45, 2.75) is 25.8 Å². The Morgan fingerprint density at radius 1 is 1.27 bits per heavy atom. The molecule has 1 aromatic heterocycles. The highest BCUT2D eigenvalue weighted by Gasteiger charge is 2.36. The molecule has 2 amide bonds. The van der Waals surface area contributed by atoms with Crippen LogP contribution in [0, 0.1) is 0 Å². The van der Waals surface area contributed by atoms with Crippen molar-refractivity contribution in [1.82, 2.24) is 9.78 Å². The number of anilines is 2. The van der Waals surface area contributed by atoms with Crippen molar-refractivity contribution in [3.8, 4) is 16.9 Å². The van der Waals surface area contributed by atoms with Crippen molar-refractivity contribution in [1.29, 1.82) is 0 Å². The quantitative estimate of drug-likeness (QED) is 0.618. The molecule has 2 aromatic carbocycles. The van der Waals surface area contributed by atoms with Crippen LogP contribution < -0.4 is 15.4 Å². The fourth-order valence-electron chi connectivity index (χ4n) is 3.60. The number of rotatable bonds is 6. The molecule has 2 N–H and O–H groups in total. The van der Waals surface area contributed by atoms with Gasteiger partial charge in [-0.25, -0.2) is 4.68 Å². The van der Waals surface area contributed by atoms with E-state index in [9.17, 15) is 9.59 Å². The van der Waals surface area contributed by atoms with Gasteiger partial charge >= 0.3 is 0 Å². The van der Waals surface area contributed by atoms with Crippen molar-refractivity contribution in [2.75, 3.05) is 17.7 Å². The molecular formula is C22H21ClN4O3. The Kier molecular flexibility index (Phi) is 5.46. The molecule has 0 saturated heterocycles. The third-order valence-electron chi connectivity index (χ3n) is 5.00. The smallest absolute Gasteiger partial charge is 0.251 e. The average Bonchev–Trinajstić information content (AvgIpc) is 3.23. The van der Waals surface area contributed by atoms with Crippen LogP contribution in [0.5, 0.6) is 5.75 Å². The van der Waals surface area contributed by atoms with E-state index in [0.29, 0.717) is 22.9 Å². The lowest BCUT2D eigenvalue weighted by Gasteiger charge is -2.10. The second-order valence-corrected chi connectivity index (χ2v) is 7.40. The van der Waals surface area contributed by atoms with Crippen LogP contribution in [0.25, 0.3) is 11.1 Å². The van der Waals surface area contributed by atoms with Gasteiger partial charge in [-0.15, -0.1) is 0 Å². The third kappa shape index (κ3) is 3.76. The van der Waals surface area contributed by atoms with Crippen molar-refractivity contribution < 1.29 is 14.3 Å². The molecule has 7 nitrogen and oxygen atoms in total. The van der Waals surface area contributed by atoms with Crippen LogP contribution in [0.3, 0.4) is 0 Å². The van der Waals surface area contributed by atoms with Gasteiger partial charge in [0.15, 0.2) is 0 Å². The minimum atomic E-state index is -0.719. The predicted molar refractivity (Wildman–Crippen MR) is 116 cm³/mol. The molecule has 1 unspecified atom stereocenters. The molecule has 30 heavy (non-hydrogen) atoms. The first-order valence-electron chi connectivity index (χ1n) is 9.62. The number of halogens is 1. The zero-order valence-corrected chi connectivity index (χ0v) is 17.4. The third-order valence-corrected chi connectivity index (χ3v) is 5.24. The Morgan fingerprint density at radius 3 is 2.80 bits per heavy atom. The normalized spacial score (nSPS) is 14.9. The fraction of sp³-hybridized carbons (Fsp3) is 0.227. The molecule has 0 radical (unpaired) electrons. The van der Waals surface area contributed by atoms with Crippen molar-refractivity contribution >= 4 is 34.9 Å². The zero-order valence-electron chi connectivity index (χ0n) is 16.6. The number of ether oxygens (including phenoxy) is 1. The molecule has 1 atom stereocenters. The monoisotopic (exact) mass is 424 g/mol. The topological polar surface area (TPSA) is 85.2 Å². The van der Waals surface area contributed by atoms with Crippen LogP contribution in [0.4, 0.5) is 11.5 Å². The molecule has 0 bridgehead atoms. The van der Waals surface area contributed by atoms with E-state index in [1.54, 1.807) is 36.1 Å². The second-order valence-electron chi connectivity index (χ2n) is 6.97. The van der Waals surface area contributed by atoms with Crippen molar-refractivity contribution in [2.24, 2.45) is 0 Å². The van der Waals surface area contributed by atoms with Gasteiger partial charge in [-0.3, -0.25) is 9.59 Å². The number of hydrogen-bond donors (Lipinski definition) is 2. The lowest BCUT2D eigenvalue weighted by Crippen LogP contribution is -2.23. The Hall–Kier alpha value is -3.32. The van der Waals surface area contributed by atoms with E-state index in [-0.39, 0.29) is 18.2 Å². The summed E-state index contributed by atoms with van der Waals surface area (Å²) in [6.07, 6.45) is 0.650. The largest absolute Gasteiger partial charge is 0.497 e. The highest BCUT2D eigenvalue weighted by atomic mass is 35.5. The van der Waals surface area contributed by atoms with Crippen LogP contribution in [0.1, 0.15) is 25.1 Å². The zero-order chi connectivity index (χ0) is 21.3. The van der Waals surface area contributed by atoms with Gasteiger partial charge in [-0.1, -0.05) is 36.7 Å². The Labute approximate surface area is 179 Å². The Morgan fingerprint density at radius 2 is 2.07 bits per heavy atom. The predicted octanol–water partition coefficient (Wildman–Crippen LogP) is 4.30. The number of nitrogens with one attached hydrogen (secondary N) is 2. The lowest BCUT2D eigenvalue weighted by molar-refractivity contribution is -0.123. The minimum absolute atomic E-state index is 0.0340. The van der Waals surface area contributed by atoms with Crippen LogP contribution in [-0.4, -0.2) is 28.7 Å². The fourth-order valence-corrected chi connectivity index (χ4v) is 3.79. The van der Waals surface area contributed by atoms with E-state index in [1.165, 1.54) is 0 Å². The summed E-state index contributed by atoms with van der Waals surface area (Å²) in [5.41, 5.74) is 3.18. The summed E-state index contributed by atoms with van der Waals surface area (Å²) in [5, 5.41) is 10.8. The molecule has 0 aliphatic carbocycles. The maximum absolute atomic E-state index is 12.6. The molecule has 0 saturated carbocycles. The van der Waals surface area contributed by atoms with E-state index in [1.807, 2.05) is 31.2 Å². The number of methoxy groups -OCH3 is 1. The maximum Gasteiger partial charge on any atom is 0.251 e. The molecule has 1 aliphatic heterocycles. The van der Waals surface area contributed by atoms with Crippen molar-refractivity contribution in [3.63, 3.8) is 0 Å². The van der Waals surface area contributed by atoms with Gasteiger partial charge in [0.25, 0.3) is 5.91 Å². The van der Waals surface area contributed by atoms with E-state index in [2.05, 4.69) is 15.7 Å². The summed E-state index contributed by atoms with van der Waals surface area (Å²) in [5.74, 6) is 0.772. The van der Waals surface area contributed by atoms with E-state index in [4.69, 9.17) is 16.3 Å². The van der Waals surface area contributed by atoms with Gasteiger partial charge in [0, 0.05) is 16.3 Å². The number of aryl methyl sites for hydroxylation is 1. The lowest BCUT2D eigenvalue weighted by atomic mass is 10.0. The minimum Gasteiger partial charge on any atom is -0.497 e. The molecule has 2 heterocycles. The summed E-state index contributed by atoms with van der Waals surface area (Å²) >= 11 is 5.97. The van der Waals surface area contributed by atoms with Crippen LogP contribution in [0.2, 0.25) is 5.02 Å². The number of fused-ring (bicyclic) bond motifs is 1. The first-order chi connectivity index (χ1) is 14.5. The summed E-state index contributed by atoms with van der Waals surface area (Å²) in [4.78, 5) is 25.2. The number of hydrogen-bond acceptors (Lipinski definition) is 4. The van der Waals surface area contributed by atoms with Crippen LogP contribution >= 0.6 is 11.6 Å². The van der Waals surface area contributed by atoms with E-state index >= 15 is 0 Å². The van der Waals surface area contributed by atoms with Crippen LogP contribution in [-0.2, 0) is 16.0 Å². The number of carbonyl (C=O) groups is 2. The Balaban J connectivity index is 1.62. The molecule has 0 fully saturated rings. The molecule has 0 spiro atoms. The van der Waals surface area contributed by atoms with Crippen LogP contribution in [0.15, 0.2) is 48.5 Å². The molecular weight excluding hydrogens is 404 g/mol. The van der Waals surface area contributed by atoms with Gasteiger partial charge in [0.2, 0.25) is 5.91 Å². The molecule has 154 valence electrons. The molecule has 3 aromatic rings. The van der Waals surface area contributed by atoms with E-state index in [0.717, 1.165) is 22.6 Å². The average molecular weight is 425 g/mol. The summed E-state index contributed by atoms with van der Waals surface area (Å²) in [6, 6.07) is 13.8. The highest BCUT2D eigenvalue weighted by molar-refractivity contribution is 6.30. The number of aromatic nitrogens is 2. The molecule has 4 rings (SSSR count). The molecule has 8 heteroatoms. The van der Waals surface area contributed by atoms with Crippen molar-refractivity contribution in [3.05, 3.63) is 59.2 Å². The first-order valence-corrected chi connectivity index (χ1v) is 10.00. The molecule has 1 aliphatic rings. The maximum atomic E-state index is 12.6. The van der Waals surface area contributed by atoms with Gasteiger partial charge in [-0.05, 0) is 42.3 Å². The van der Waals surface area contributed by atoms with Gasteiger partial charge in [0.05, 0.1) is 19.2 Å².